The van der Waals surface area contributed by atoms with Crippen molar-refractivity contribution in [2.45, 2.75) is 40.2 Å². The van der Waals surface area contributed by atoms with E-state index in [1.54, 1.807) is 38.1 Å². The molecule has 0 heterocycles. The van der Waals surface area contributed by atoms with Crippen LogP contribution in [0.3, 0.4) is 0 Å². The van der Waals surface area contributed by atoms with Crippen molar-refractivity contribution in [3.05, 3.63) is 29.8 Å². The minimum Gasteiger partial charge on any atom is -0.351 e. The van der Waals surface area contributed by atoms with E-state index in [0.29, 0.717) is 11.3 Å². The molecule has 0 radical (unpaired) electrons. The van der Waals surface area contributed by atoms with Gasteiger partial charge in [0.1, 0.15) is 5.41 Å². The quantitative estimate of drug-likeness (QED) is 0.838. The van der Waals surface area contributed by atoms with E-state index in [1.807, 2.05) is 26.8 Å². The highest BCUT2D eigenvalue weighted by atomic mass is 16.2. The monoisotopic (exact) mass is 287 g/mol. The first-order valence-corrected chi connectivity index (χ1v) is 6.70. The molecule has 0 fully saturated rings. The summed E-state index contributed by atoms with van der Waals surface area (Å²) in [5.41, 5.74) is -0.675. The van der Waals surface area contributed by atoms with Crippen LogP contribution in [0, 0.1) is 16.7 Å². The van der Waals surface area contributed by atoms with Crippen LogP contribution in [0.4, 0.5) is 5.69 Å². The lowest BCUT2D eigenvalue weighted by molar-refractivity contribution is -0.139. The third-order valence-corrected chi connectivity index (χ3v) is 2.87. The molecule has 0 aromatic heterocycles. The van der Waals surface area contributed by atoms with Gasteiger partial charge in [0.15, 0.2) is 0 Å². The van der Waals surface area contributed by atoms with Crippen LogP contribution in [0.25, 0.3) is 0 Å². The van der Waals surface area contributed by atoms with E-state index >= 15 is 0 Å². The maximum absolute atomic E-state index is 12.3. The molecule has 1 rings (SSSR count). The summed E-state index contributed by atoms with van der Waals surface area (Å²) in [5, 5.41) is 14.3. The summed E-state index contributed by atoms with van der Waals surface area (Å²) in [6.07, 6.45) is 0. The Balaban J connectivity index is 2.86. The number of anilines is 1. The standard InChI is InChI=1S/C16H21N3O2/c1-15(2,3)19-14(21)16(4,5)13(20)18-12-8-6-7-11(9-12)10-17/h6-9H,1-5H3,(H,18,20)(H,19,21). The topological polar surface area (TPSA) is 82.0 Å². The van der Waals surface area contributed by atoms with E-state index in [-0.39, 0.29) is 5.91 Å². The van der Waals surface area contributed by atoms with E-state index in [0.717, 1.165) is 0 Å². The van der Waals surface area contributed by atoms with Gasteiger partial charge in [0.2, 0.25) is 11.8 Å². The predicted octanol–water partition coefficient (Wildman–Crippen LogP) is 2.44. The first-order chi connectivity index (χ1) is 9.56. The highest BCUT2D eigenvalue weighted by Gasteiger charge is 2.37. The van der Waals surface area contributed by atoms with E-state index in [2.05, 4.69) is 10.6 Å². The first kappa shape index (κ1) is 16.7. The molecule has 1 aromatic carbocycles. The Bertz CT molecular complexity index is 592. The average molecular weight is 287 g/mol. The van der Waals surface area contributed by atoms with Crippen LogP contribution in [-0.4, -0.2) is 17.4 Å². The van der Waals surface area contributed by atoms with Crippen LogP contribution in [0.2, 0.25) is 0 Å². The van der Waals surface area contributed by atoms with Crippen LogP contribution < -0.4 is 10.6 Å². The fourth-order valence-corrected chi connectivity index (χ4v) is 1.55. The Morgan fingerprint density at radius 3 is 2.24 bits per heavy atom. The fourth-order valence-electron chi connectivity index (χ4n) is 1.55. The van der Waals surface area contributed by atoms with Crippen LogP contribution in [0.5, 0.6) is 0 Å². The molecule has 5 nitrogen and oxygen atoms in total. The predicted molar refractivity (Wildman–Crippen MR) is 81.5 cm³/mol. The number of nitriles is 1. The number of amides is 2. The van der Waals surface area contributed by atoms with Crippen LogP contribution in [0.15, 0.2) is 24.3 Å². The second-order valence-corrected chi connectivity index (χ2v) is 6.48. The van der Waals surface area contributed by atoms with E-state index < -0.39 is 16.9 Å². The lowest BCUT2D eigenvalue weighted by Crippen LogP contribution is -2.51. The molecule has 112 valence electrons. The molecule has 1 aromatic rings. The largest absolute Gasteiger partial charge is 0.351 e. The minimum absolute atomic E-state index is 0.344. The molecule has 0 saturated carbocycles. The molecule has 0 saturated heterocycles. The molecule has 0 unspecified atom stereocenters. The number of nitrogens with one attached hydrogen (secondary N) is 2. The van der Waals surface area contributed by atoms with E-state index in [1.165, 1.54) is 0 Å². The van der Waals surface area contributed by atoms with Gasteiger partial charge in [0, 0.05) is 11.2 Å². The number of nitrogens with zero attached hydrogens (tertiary/aromatic N) is 1. The van der Waals surface area contributed by atoms with E-state index in [4.69, 9.17) is 5.26 Å². The maximum Gasteiger partial charge on any atom is 0.239 e. The zero-order valence-electron chi connectivity index (χ0n) is 13.1. The SMILES string of the molecule is CC(C)(C)NC(=O)C(C)(C)C(=O)Nc1cccc(C#N)c1. The highest BCUT2D eigenvalue weighted by Crippen LogP contribution is 2.21. The number of hydrogen-bond acceptors (Lipinski definition) is 3. The van der Waals surface area contributed by atoms with E-state index in [9.17, 15) is 9.59 Å². The molecule has 0 aliphatic rings. The molecule has 21 heavy (non-hydrogen) atoms. The van der Waals surface area contributed by atoms with Gasteiger partial charge >= 0.3 is 0 Å². The lowest BCUT2D eigenvalue weighted by Gasteiger charge is -2.28. The highest BCUT2D eigenvalue weighted by molar-refractivity contribution is 6.10. The van der Waals surface area contributed by atoms with Crippen molar-refractivity contribution in [3.8, 4) is 6.07 Å². The maximum atomic E-state index is 12.3. The van der Waals surface area contributed by atoms with Crippen molar-refractivity contribution >= 4 is 17.5 Å². The van der Waals surface area contributed by atoms with Gasteiger partial charge in [-0.2, -0.15) is 5.26 Å². The normalized spacial score (nSPS) is 11.4. The number of carbonyl (C=O) groups is 2. The number of hydrogen-bond donors (Lipinski definition) is 2. The van der Waals surface area contributed by atoms with Crippen molar-refractivity contribution < 1.29 is 9.59 Å². The van der Waals surface area contributed by atoms with Crippen molar-refractivity contribution in [1.29, 1.82) is 5.26 Å². The van der Waals surface area contributed by atoms with Gasteiger partial charge < -0.3 is 10.6 Å². The Morgan fingerprint density at radius 1 is 1.10 bits per heavy atom. The number of carbonyl (C=O) groups excluding carboxylic acids is 2. The van der Waals surface area contributed by atoms with Gasteiger partial charge in [-0.1, -0.05) is 6.07 Å². The lowest BCUT2D eigenvalue weighted by atomic mass is 9.89. The van der Waals surface area contributed by atoms with Crippen LogP contribution in [-0.2, 0) is 9.59 Å². The zero-order valence-corrected chi connectivity index (χ0v) is 13.1. The summed E-state index contributed by atoms with van der Waals surface area (Å²) in [5.74, 6) is -0.761. The van der Waals surface area contributed by atoms with Gasteiger partial charge in [-0.25, -0.2) is 0 Å². The summed E-state index contributed by atoms with van der Waals surface area (Å²) in [6.45, 7) is 8.70. The minimum atomic E-state index is -1.21. The molecule has 0 atom stereocenters. The van der Waals surface area contributed by atoms with Gasteiger partial charge in [-0.3, -0.25) is 9.59 Å². The Hall–Kier alpha value is -2.35. The molecular weight excluding hydrogens is 266 g/mol. The second kappa shape index (κ2) is 5.96. The van der Waals surface area contributed by atoms with Gasteiger partial charge in [0.25, 0.3) is 0 Å². The Labute approximate surface area is 125 Å². The molecule has 0 spiro atoms. The molecule has 2 amide bonds. The Kier molecular flexibility index (Phi) is 4.74. The molecule has 5 heteroatoms. The van der Waals surface area contributed by atoms with Crippen LogP contribution in [0.1, 0.15) is 40.2 Å². The van der Waals surface area contributed by atoms with Gasteiger partial charge in [0.05, 0.1) is 11.6 Å². The average Bonchev–Trinajstić information content (AvgIpc) is 2.36. The van der Waals surface area contributed by atoms with Crippen LogP contribution >= 0.6 is 0 Å². The summed E-state index contributed by atoms with van der Waals surface area (Å²) in [7, 11) is 0. The first-order valence-electron chi connectivity index (χ1n) is 6.70. The zero-order chi connectivity index (χ0) is 16.3. The summed E-state index contributed by atoms with van der Waals surface area (Å²) < 4.78 is 0. The van der Waals surface area contributed by atoms with Gasteiger partial charge in [-0.05, 0) is 52.8 Å². The molecule has 0 aliphatic heterocycles. The van der Waals surface area contributed by atoms with Crippen molar-refractivity contribution in [1.82, 2.24) is 5.32 Å². The van der Waals surface area contributed by atoms with Crippen molar-refractivity contribution in [2.75, 3.05) is 5.32 Å². The fraction of sp³-hybridized carbons (Fsp3) is 0.438. The summed E-state index contributed by atoms with van der Waals surface area (Å²) >= 11 is 0. The van der Waals surface area contributed by atoms with Gasteiger partial charge in [-0.15, -0.1) is 0 Å². The molecule has 0 aliphatic carbocycles. The third kappa shape index (κ3) is 4.60. The summed E-state index contributed by atoms with van der Waals surface area (Å²) in [6, 6.07) is 8.57. The molecular formula is C16H21N3O2. The molecule has 2 N–H and O–H groups in total. The number of rotatable bonds is 3. The third-order valence-electron chi connectivity index (χ3n) is 2.87. The molecule has 0 bridgehead atoms. The smallest absolute Gasteiger partial charge is 0.239 e. The van der Waals surface area contributed by atoms with Crippen molar-refractivity contribution in [2.24, 2.45) is 5.41 Å². The second-order valence-electron chi connectivity index (χ2n) is 6.48. The Morgan fingerprint density at radius 2 is 1.71 bits per heavy atom. The van der Waals surface area contributed by atoms with Crippen molar-refractivity contribution in [3.63, 3.8) is 0 Å². The number of benzene rings is 1. The summed E-state index contributed by atoms with van der Waals surface area (Å²) in [4.78, 5) is 24.5.